The molecule has 87 heavy (non-hydrogen) atoms. The number of aliphatic imine (C=N–C) groups is 2. The summed E-state index contributed by atoms with van der Waals surface area (Å²) in [5, 5.41) is 49.2. The van der Waals surface area contributed by atoms with Crippen molar-refractivity contribution in [1.82, 2.24) is 47.2 Å². The van der Waals surface area contributed by atoms with Crippen molar-refractivity contribution < 1.29 is 53.7 Å². The van der Waals surface area contributed by atoms with E-state index < -0.39 is 95.6 Å². The fourth-order valence-electron chi connectivity index (χ4n) is 8.88. The summed E-state index contributed by atoms with van der Waals surface area (Å²) >= 11 is 0. The smallest absolute Gasteiger partial charge is 0.243 e. The highest BCUT2D eigenvalue weighted by molar-refractivity contribution is 5.98. The SMILES string of the molecule is CC(C)[C@H](N)C(=O)N[C@@H](Cc1ccc(O)cc1)C(=O)N[C@@H](CCCN=C(N)N)C(=O)N[C@@H](Cc1ccc(O)cc1)C(=O)N[C@H](Cc1ccc(O)cc1)C(=O)N[C@@H](CCCN=C(N)N)C(=O)N[C@@H](Cc1cnc[nH]1)C(=O)N[C@@H](Cc1ccccc1)C(N)=O. The lowest BCUT2D eigenvalue weighted by molar-refractivity contribution is -0.135. The number of amides is 8. The van der Waals surface area contributed by atoms with Crippen LogP contribution < -0.4 is 71.6 Å². The van der Waals surface area contributed by atoms with E-state index in [9.17, 15) is 53.7 Å². The zero-order valence-corrected chi connectivity index (χ0v) is 48.4. The number of phenols is 3. The molecule has 1 heterocycles. The van der Waals surface area contributed by atoms with Gasteiger partial charge in [0.1, 0.15) is 59.5 Å². The van der Waals surface area contributed by atoms with E-state index in [1.807, 2.05) is 0 Å². The van der Waals surface area contributed by atoms with Gasteiger partial charge in [-0.2, -0.15) is 0 Å². The van der Waals surface area contributed by atoms with Crippen LogP contribution in [0.4, 0.5) is 0 Å². The number of phenolic OH excluding ortho intramolecular Hbond substituents is 3. The second-order valence-corrected chi connectivity index (χ2v) is 21.1. The Labute approximate surface area is 502 Å². The Balaban J connectivity index is 1.49. The second kappa shape index (κ2) is 33.9. The number of aromatic nitrogens is 2. The summed E-state index contributed by atoms with van der Waals surface area (Å²) < 4.78 is 0. The van der Waals surface area contributed by atoms with Gasteiger partial charge in [-0.05, 0) is 90.3 Å². The van der Waals surface area contributed by atoms with Crippen LogP contribution in [-0.2, 0) is 70.5 Å². The molecule has 0 unspecified atom stereocenters. The molecule has 0 spiro atoms. The Morgan fingerprint density at radius 1 is 0.448 bits per heavy atom. The van der Waals surface area contributed by atoms with Gasteiger partial charge >= 0.3 is 0 Å². The highest BCUT2D eigenvalue weighted by Crippen LogP contribution is 2.17. The minimum absolute atomic E-state index is 0.00186. The Morgan fingerprint density at radius 2 is 0.770 bits per heavy atom. The number of carbonyl (C=O) groups excluding carboxylic acids is 8. The zero-order valence-electron chi connectivity index (χ0n) is 48.4. The lowest BCUT2D eigenvalue weighted by atomic mass is 10.00. The first-order valence-electron chi connectivity index (χ1n) is 28.1. The van der Waals surface area contributed by atoms with Crippen LogP contribution in [0.3, 0.4) is 0 Å². The maximum Gasteiger partial charge on any atom is 0.243 e. The molecule has 0 saturated carbocycles. The number of aromatic hydroxyl groups is 3. The first-order valence-corrected chi connectivity index (χ1v) is 28.1. The molecule has 8 amide bonds. The minimum Gasteiger partial charge on any atom is -0.508 e. The molecule has 0 aliphatic heterocycles. The quantitative estimate of drug-likeness (QED) is 0.0120. The van der Waals surface area contributed by atoms with E-state index in [0.717, 1.165) is 0 Å². The van der Waals surface area contributed by atoms with Crippen LogP contribution in [-0.4, -0.2) is 146 Å². The third kappa shape index (κ3) is 23.4. The van der Waals surface area contributed by atoms with E-state index in [2.05, 4.69) is 57.2 Å². The fraction of sp³-hybridized carbons (Fsp3) is 0.373. The number of aromatic amines is 1. The first-order chi connectivity index (χ1) is 41.4. The molecule has 0 fully saturated rings. The molecule has 23 N–H and O–H groups in total. The summed E-state index contributed by atoms with van der Waals surface area (Å²) in [6.07, 6.45) is 2.00. The topological polar surface area (TPSA) is 491 Å². The number of primary amides is 1. The highest BCUT2D eigenvalue weighted by atomic mass is 16.3. The molecule has 0 saturated heterocycles. The number of nitrogens with zero attached hydrogens (tertiary/aromatic N) is 3. The maximum atomic E-state index is 15.0. The number of benzene rings is 4. The molecule has 1 aromatic heterocycles. The minimum atomic E-state index is -1.55. The number of nitrogens with two attached hydrogens (primary N) is 6. The molecule has 0 aliphatic carbocycles. The lowest BCUT2D eigenvalue weighted by Gasteiger charge is -2.28. The largest absolute Gasteiger partial charge is 0.508 e. The van der Waals surface area contributed by atoms with Gasteiger partial charge in [-0.3, -0.25) is 48.3 Å². The van der Waals surface area contributed by atoms with Gasteiger partial charge in [-0.1, -0.05) is 80.6 Å². The number of guanidine groups is 2. The molecule has 0 radical (unpaired) electrons. The van der Waals surface area contributed by atoms with Crippen molar-refractivity contribution in [1.29, 1.82) is 0 Å². The number of imidazole rings is 1. The second-order valence-electron chi connectivity index (χ2n) is 21.1. The Hall–Kier alpha value is -10.3. The van der Waals surface area contributed by atoms with Crippen molar-refractivity contribution in [3.63, 3.8) is 0 Å². The van der Waals surface area contributed by atoms with Gasteiger partial charge < -0.3 is 91.9 Å². The van der Waals surface area contributed by atoms with Gasteiger partial charge in [0.25, 0.3) is 0 Å². The summed E-state index contributed by atoms with van der Waals surface area (Å²) in [5.74, 6) is -7.82. The van der Waals surface area contributed by atoms with Crippen molar-refractivity contribution in [2.24, 2.45) is 50.3 Å². The monoisotopic (exact) mass is 1200 g/mol. The Bertz CT molecular complexity index is 3120. The molecular formula is C59H79N17O11. The van der Waals surface area contributed by atoms with E-state index in [0.29, 0.717) is 27.9 Å². The lowest BCUT2D eigenvalue weighted by Crippen LogP contribution is -2.61. The van der Waals surface area contributed by atoms with Gasteiger partial charge in [0.2, 0.25) is 47.3 Å². The van der Waals surface area contributed by atoms with Crippen molar-refractivity contribution in [2.75, 3.05) is 13.1 Å². The molecule has 28 heteroatoms. The molecule has 0 bridgehead atoms. The fourth-order valence-corrected chi connectivity index (χ4v) is 8.88. The summed E-state index contributed by atoms with van der Waals surface area (Å²) in [5.41, 5.74) is 36.8. The standard InChI is InChI=1S/C59H79N17O11/c1-33(2)49(60)57(87)76-47(29-37-16-22-41(79)23-17-37)54(84)71-42(10-6-24-67-58(62)63)51(81)73-46(28-36-14-20-40(78)21-15-36)55(85)74-45(27-35-12-18-39(77)19-13-35)53(83)70-43(11-7-25-68-59(64)65)52(82)75-48(30-38-31-66-32-69-38)56(86)72-44(50(61)80)26-34-8-4-3-5-9-34/h3-5,8-9,12-23,31-33,42-49,77-79H,6-7,10-11,24-30,60H2,1-2H3,(H2,61,80)(H,66,69)(H,70,83)(H,71,84)(H,72,86)(H,73,81)(H,74,85)(H,75,82)(H,76,87)(H4,62,63,67)(H4,64,65,68)/t42-,43-,44-,45+,46-,47-,48-,49-/m0/s1. The van der Waals surface area contributed by atoms with Crippen LogP contribution in [0.1, 0.15) is 67.5 Å². The third-order valence-corrected chi connectivity index (χ3v) is 13.8. The van der Waals surface area contributed by atoms with Crippen molar-refractivity contribution in [3.05, 3.63) is 144 Å². The van der Waals surface area contributed by atoms with Crippen molar-refractivity contribution in [2.45, 2.75) is 120 Å². The van der Waals surface area contributed by atoms with Gasteiger partial charge in [0.05, 0.1) is 12.4 Å². The predicted molar refractivity (Wildman–Crippen MR) is 323 cm³/mol. The number of hydrogen-bond donors (Lipinski definition) is 17. The van der Waals surface area contributed by atoms with E-state index in [-0.39, 0.29) is 106 Å². The average Bonchev–Trinajstić information content (AvgIpc) is 3.08. The molecule has 8 atom stereocenters. The average molecular weight is 1200 g/mol. The van der Waals surface area contributed by atoms with E-state index in [4.69, 9.17) is 34.4 Å². The van der Waals surface area contributed by atoms with Gasteiger partial charge in [0, 0.05) is 57.1 Å². The summed E-state index contributed by atoms with van der Waals surface area (Å²) in [6.45, 7) is 3.46. The number of carbonyl (C=O) groups is 8. The van der Waals surface area contributed by atoms with Crippen LogP contribution in [0.15, 0.2) is 126 Å². The van der Waals surface area contributed by atoms with Crippen LogP contribution in [0.5, 0.6) is 17.2 Å². The zero-order chi connectivity index (χ0) is 63.6. The first kappa shape index (κ1) is 67.5. The van der Waals surface area contributed by atoms with E-state index in [1.54, 1.807) is 56.3 Å². The number of rotatable bonds is 34. The highest BCUT2D eigenvalue weighted by Gasteiger charge is 2.35. The van der Waals surface area contributed by atoms with Crippen LogP contribution >= 0.6 is 0 Å². The summed E-state index contributed by atoms with van der Waals surface area (Å²) in [4.78, 5) is 129. The van der Waals surface area contributed by atoms with Crippen molar-refractivity contribution in [3.8, 4) is 17.2 Å². The van der Waals surface area contributed by atoms with Gasteiger partial charge in [0.15, 0.2) is 11.9 Å². The van der Waals surface area contributed by atoms with Crippen LogP contribution in [0, 0.1) is 5.92 Å². The summed E-state index contributed by atoms with van der Waals surface area (Å²) in [7, 11) is 0. The number of H-pyrrole nitrogens is 1. The van der Waals surface area contributed by atoms with E-state index in [1.165, 1.54) is 73.2 Å². The normalized spacial score (nSPS) is 13.7. The molecule has 0 aliphatic rings. The molecular weight excluding hydrogens is 1120 g/mol. The third-order valence-electron chi connectivity index (χ3n) is 13.8. The van der Waals surface area contributed by atoms with Crippen LogP contribution in [0.25, 0.3) is 0 Å². The Morgan fingerprint density at radius 3 is 1.11 bits per heavy atom. The number of nitrogens with one attached hydrogen (secondary N) is 8. The van der Waals surface area contributed by atoms with Crippen molar-refractivity contribution >= 4 is 59.2 Å². The van der Waals surface area contributed by atoms with Gasteiger partial charge in [-0.25, -0.2) is 4.98 Å². The Kier molecular flexibility index (Phi) is 26.3. The van der Waals surface area contributed by atoms with E-state index >= 15 is 0 Å². The molecule has 5 aromatic rings. The van der Waals surface area contributed by atoms with Crippen LogP contribution in [0.2, 0.25) is 0 Å². The molecule has 4 aromatic carbocycles. The molecule has 466 valence electrons. The molecule has 5 rings (SSSR count). The number of hydrogen-bond acceptors (Lipinski definition) is 15. The summed E-state index contributed by atoms with van der Waals surface area (Å²) in [6, 6.07) is 15.2. The van der Waals surface area contributed by atoms with Gasteiger partial charge in [-0.15, -0.1) is 0 Å². The molecule has 28 nitrogen and oxygen atoms in total. The maximum absolute atomic E-state index is 15.0. The predicted octanol–water partition coefficient (Wildman–Crippen LogP) is -1.99.